The van der Waals surface area contributed by atoms with E-state index in [1.165, 1.54) is 55.6 Å². The number of carbonyl (C=O) groups excluding carboxylic acids is 1. The Morgan fingerprint density at radius 2 is 1.05 bits per heavy atom. The number of carbonyl (C=O) groups is 2. The molecule has 0 aliphatic heterocycles. The molecule has 2 aliphatic rings. The van der Waals surface area contributed by atoms with Crippen molar-refractivity contribution in [1.82, 2.24) is 0 Å². The Kier molecular flexibility index (Phi) is 7.49. The van der Waals surface area contributed by atoms with E-state index in [0.29, 0.717) is 18.8 Å². The van der Waals surface area contributed by atoms with Crippen molar-refractivity contribution in [3.63, 3.8) is 0 Å². The van der Waals surface area contributed by atoms with Gasteiger partial charge in [0.05, 0.1) is 0 Å². The number of carboxylic acid groups (broad SMARTS) is 1. The van der Waals surface area contributed by atoms with Crippen molar-refractivity contribution in [2.45, 2.75) is 51.4 Å². The number of benzene rings is 4. The lowest BCUT2D eigenvalue weighted by Gasteiger charge is -2.12. The van der Waals surface area contributed by atoms with Crippen molar-refractivity contribution < 1.29 is 14.7 Å². The maximum Gasteiger partial charge on any atom is 0.303 e. The highest BCUT2D eigenvalue weighted by atomic mass is 35.5. The molecule has 4 heteroatoms. The molecule has 0 radical (unpaired) electrons. The summed E-state index contributed by atoms with van der Waals surface area (Å²) in [6.07, 6.45) is 2.10. The van der Waals surface area contributed by atoms with Crippen LogP contribution in [0.4, 0.5) is 0 Å². The molecule has 0 saturated carbocycles. The fourth-order valence-corrected chi connectivity index (χ4v) is 6.35. The quantitative estimate of drug-likeness (QED) is 0.258. The summed E-state index contributed by atoms with van der Waals surface area (Å²) in [4.78, 5) is 21.9. The van der Waals surface area contributed by atoms with Crippen molar-refractivity contribution in [1.29, 1.82) is 0 Å². The van der Waals surface area contributed by atoms with Crippen molar-refractivity contribution in [2.75, 3.05) is 0 Å². The minimum Gasteiger partial charge on any atom is -0.481 e. The molecule has 3 nitrogen and oxygen atoms in total. The largest absolute Gasteiger partial charge is 0.481 e. The van der Waals surface area contributed by atoms with Crippen LogP contribution in [0.5, 0.6) is 0 Å². The fraction of sp³-hybridized carbons (Fsp3) is 0.235. The average Bonchev–Trinajstić information content (AvgIpc) is 3.40. The topological polar surface area (TPSA) is 54.4 Å². The molecule has 0 spiro atoms. The Morgan fingerprint density at radius 1 is 0.632 bits per heavy atom. The molecule has 2 atom stereocenters. The summed E-state index contributed by atoms with van der Waals surface area (Å²) >= 11 is 5.50. The second kappa shape index (κ2) is 11.0. The smallest absolute Gasteiger partial charge is 0.303 e. The van der Waals surface area contributed by atoms with Gasteiger partial charge >= 0.3 is 5.97 Å². The molecule has 0 bridgehead atoms. The van der Waals surface area contributed by atoms with Gasteiger partial charge in [-0.15, -0.1) is 0 Å². The highest BCUT2D eigenvalue weighted by Crippen LogP contribution is 2.49. The van der Waals surface area contributed by atoms with E-state index in [-0.39, 0.29) is 17.6 Å². The van der Waals surface area contributed by atoms with Crippen LogP contribution in [0.15, 0.2) is 84.9 Å². The summed E-state index contributed by atoms with van der Waals surface area (Å²) in [5.74, 6) is -0.199. The zero-order chi connectivity index (χ0) is 26.8. The molecule has 6 rings (SSSR count). The van der Waals surface area contributed by atoms with Crippen molar-refractivity contribution in [3.8, 4) is 22.3 Å². The lowest BCUT2D eigenvalue weighted by molar-refractivity contribution is -0.137. The van der Waals surface area contributed by atoms with E-state index in [2.05, 4.69) is 92.7 Å². The van der Waals surface area contributed by atoms with Crippen LogP contribution in [0, 0.1) is 13.8 Å². The van der Waals surface area contributed by atoms with E-state index >= 15 is 0 Å². The van der Waals surface area contributed by atoms with Crippen LogP contribution in [0.1, 0.15) is 70.9 Å². The van der Waals surface area contributed by atoms with Gasteiger partial charge in [0.15, 0.2) is 0 Å². The molecule has 0 fully saturated rings. The Morgan fingerprint density at radius 3 is 1.50 bits per heavy atom. The molecule has 0 heterocycles. The Balaban J connectivity index is 0.000000155. The van der Waals surface area contributed by atoms with E-state index < -0.39 is 5.97 Å². The minimum absolute atomic E-state index is 0.215. The van der Waals surface area contributed by atoms with Gasteiger partial charge in [-0.3, -0.25) is 9.59 Å². The first-order valence-corrected chi connectivity index (χ1v) is 13.5. The molecule has 38 heavy (non-hydrogen) atoms. The van der Waals surface area contributed by atoms with E-state index in [1.807, 2.05) is 6.07 Å². The summed E-state index contributed by atoms with van der Waals surface area (Å²) in [6.45, 7) is 4.26. The van der Waals surface area contributed by atoms with Crippen LogP contribution >= 0.6 is 11.6 Å². The molecule has 0 amide bonds. The molecule has 0 aromatic heterocycles. The summed E-state index contributed by atoms with van der Waals surface area (Å²) in [5.41, 5.74) is 13.0. The minimum atomic E-state index is -0.724. The first kappa shape index (κ1) is 25.9. The van der Waals surface area contributed by atoms with Crippen LogP contribution in [-0.2, 0) is 9.59 Å². The molecular formula is C34H31ClO3. The lowest BCUT2D eigenvalue weighted by Crippen LogP contribution is -2.02. The van der Waals surface area contributed by atoms with Crippen LogP contribution in [-0.4, -0.2) is 16.3 Å². The molecular weight excluding hydrogens is 492 g/mol. The molecule has 0 saturated heterocycles. The van der Waals surface area contributed by atoms with E-state index in [0.717, 1.165) is 6.42 Å². The third-order valence-electron chi connectivity index (χ3n) is 7.85. The molecule has 4 aromatic carbocycles. The maximum atomic E-state index is 11.1. The summed E-state index contributed by atoms with van der Waals surface area (Å²) in [6, 6.07) is 29.6. The van der Waals surface area contributed by atoms with Gasteiger partial charge in [0.2, 0.25) is 5.24 Å². The third kappa shape index (κ3) is 4.91. The van der Waals surface area contributed by atoms with Crippen molar-refractivity contribution >= 4 is 22.8 Å². The van der Waals surface area contributed by atoms with Crippen LogP contribution in [0.3, 0.4) is 0 Å². The van der Waals surface area contributed by atoms with Crippen LogP contribution in [0.25, 0.3) is 22.3 Å². The van der Waals surface area contributed by atoms with Gasteiger partial charge in [-0.05, 0) is 93.9 Å². The highest BCUT2D eigenvalue weighted by molar-refractivity contribution is 6.63. The Bertz CT molecular complexity index is 1410. The zero-order valence-electron chi connectivity index (χ0n) is 21.7. The maximum absolute atomic E-state index is 11.1. The predicted octanol–water partition coefficient (Wildman–Crippen LogP) is 8.63. The number of hydrogen-bond acceptors (Lipinski definition) is 2. The van der Waals surface area contributed by atoms with Crippen LogP contribution < -0.4 is 0 Å². The monoisotopic (exact) mass is 522 g/mol. The summed E-state index contributed by atoms with van der Waals surface area (Å²) < 4.78 is 0. The van der Waals surface area contributed by atoms with Crippen molar-refractivity contribution in [3.05, 3.63) is 118 Å². The first-order valence-electron chi connectivity index (χ1n) is 13.1. The number of rotatable bonds is 6. The number of carboxylic acids is 1. The summed E-state index contributed by atoms with van der Waals surface area (Å²) in [7, 11) is 0. The van der Waals surface area contributed by atoms with Gasteiger partial charge in [-0.25, -0.2) is 0 Å². The van der Waals surface area contributed by atoms with Gasteiger partial charge in [0, 0.05) is 24.7 Å². The zero-order valence-corrected chi connectivity index (χ0v) is 22.5. The highest BCUT2D eigenvalue weighted by Gasteiger charge is 2.30. The standard InChI is InChI=1S/C17H15ClO.C17H16O2/c2*1-11-5-4-8-15-13(9-10-16(18)19)12-6-2-3-7-14(12)17(11)15/h2-8,13H,9-10H2,1H3;2-8,13H,9-10H2,1H3,(H,18,19). The lowest BCUT2D eigenvalue weighted by atomic mass is 9.92. The molecule has 2 aliphatic carbocycles. The fourth-order valence-electron chi connectivity index (χ4n) is 6.24. The molecule has 192 valence electrons. The van der Waals surface area contributed by atoms with E-state index in [9.17, 15) is 9.59 Å². The molecule has 4 aromatic rings. The second-order valence-electron chi connectivity index (χ2n) is 10.2. The number of fused-ring (bicyclic) bond motifs is 6. The van der Waals surface area contributed by atoms with Gasteiger partial charge in [-0.1, -0.05) is 84.9 Å². The predicted molar refractivity (Wildman–Crippen MR) is 154 cm³/mol. The number of hydrogen-bond donors (Lipinski definition) is 1. The molecule has 2 unspecified atom stereocenters. The van der Waals surface area contributed by atoms with E-state index in [4.69, 9.17) is 16.7 Å². The first-order chi connectivity index (χ1) is 18.4. The SMILES string of the molecule is Cc1cccc2c1-c1ccccc1C2CCC(=O)Cl.Cc1cccc2c1-c1ccccc1C2CCC(=O)O. The second-order valence-corrected chi connectivity index (χ2v) is 10.6. The number of halogens is 1. The third-order valence-corrected chi connectivity index (χ3v) is 8.04. The normalized spacial score (nSPS) is 16.0. The number of aliphatic carboxylic acids is 1. The van der Waals surface area contributed by atoms with Crippen molar-refractivity contribution in [2.24, 2.45) is 0 Å². The van der Waals surface area contributed by atoms with Gasteiger partial charge < -0.3 is 5.11 Å². The van der Waals surface area contributed by atoms with Gasteiger partial charge in [0.1, 0.15) is 0 Å². The Labute approximate surface area is 229 Å². The average molecular weight is 523 g/mol. The Hall–Kier alpha value is -3.69. The van der Waals surface area contributed by atoms with Gasteiger partial charge in [-0.2, -0.15) is 0 Å². The molecule has 1 N–H and O–H groups in total. The number of aryl methyl sites for hydroxylation is 2. The summed E-state index contributed by atoms with van der Waals surface area (Å²) in [5, 5.41) is 8.67. The van der Waals surface area contributed by atoms with Gasteiger partial charge in [0.25, 0.3) is 0 Å². The van der Waals surface area contributed by atoms with E-state index in [1.54, 1.807) is 0 Å². The van der Waals surface area contributed by atoms with Crippen LogP contribution in [0.2, 0.25) is 0 Å².